The van der Waals surface area contributed by atoms with E-state index in [2.05, 4.69) is 20.9 Å². The molecule has 1 aromatic heterocycles. The fourth-order valence-electron chi connectivity index (χ4n) is 2.64. The highest BCUT2D eigenvalue weighted by Crippen LogP contribution is 2.24. The number of benzene rings is 2. The molecule has 148 valence electrons. The highest BCUT2D eigenvalue weighted by molar-refractivity contribution is 9.10. The predicted octanol–water partition coefficient (Wildman–Crippen LogP) is 4.39. The summed E-state index contributed by atoms with van der Waals surface area (Å²) in [5, 5.41) is 9.02. The topological polar surface area (TPSA) is 74.1 Å². The van der Waals surface area contributed by atoms with Gasteiger partial charge in [-0.2, -0.15) is 9.57 Å². The second kappa shape index (κ2) is 8.78. The number of rotatable bonds is 6. The number of nitrogens with zero attached hydrogens (tertiary/aromatic N) is 3. The van der Waals surface area contributed by atoms with Crippen LogP contribution in [0, 0.1) is 23.0 Å². The molecule has 1 heterocycles. The largest absolute Gasteiger partial charge is 0.260 e. The third kappa shape index (κ3) is 4.85. The van der Waals surface area contributed by atoms with E-state index in [1.807, 2.05) is 0 Å². The maximum absolute atomic E-state index is 14.4. The lowest BCUT2D eigenvalue weighted by Gasteiger charge is -2.22. The van der Waals surface area contributed by atoms with Crippen molar-refractivity contribution in [3.05, 3.63) is 93.7 Å². The van der Waals surface area contributed by atoms with Crippen molar-refractivity contribution in [2.75, 3.05) is 0 Å². The number of hydrogen-bond donors (Lipinski definition) is 0. The van der Waals surface area contributed by atoms with Gasteiger partial charge in [-0.15, -0.1) is 0 Å². The number of hydrogen-bond acceptors (Lipinski definition) is 4. The van der Waals surface area contributed by atoms with Gasteiger partial charge in [-0.1, -0.05) is 28.1 Å². The Hall–Kier alpha value is -2.67. The third-order valence-electron chi connectivity index (χ3n) is 4.12. The standard InChI is InChI=1S/C20H14BrF2N3O2S/c21-16-5-4-14(20(23)10-16)12-26(13-17-3-1-2-8-25-17)29(27,28)18-6-7-19(22)15(9-18)11-24/h1-10H,12-13H2. The van der Waals surface area contributed by atoms with Gasteiger partial charge >= 0.3 is 0 Å². The summed E-state index contributed by atoms with van der Waals surface area (Å²) < 4.78 is 56.0. The minimum Gasteiger partial charge on any atom is -0.260 e. The van der Waals surface area contributed by atoms with Crippen LogP contribution in [-0.2, 0) is 23.1 Å². The molecule has 5 nitrogen and oxygen atoms in total. The molecular formula is C20H14BrF2N3O2S. The van der Waals surface area contributed by atoms with Crippen LogP contribution in [0.4, 0.5) is 8.78 Å². The van der Waals surface area contributed by atoms with Gasteiger partial charge in [0.1, 0.15) is 17.7 Å². The van der Waals surface area contributed by atoms with Crippen molar-refractivity contribution >= 4 is 26.0 Å². The summed E-state index contributed by atoms with van der Waals surface area (Å²) in [6.45, 7) is -0.394. The Kier molecular flexibility index (Phi) is 6.37. The SMILES string of the molecule is N#Cc1cc(S(=O)(=O)N(Cc2ccccn2)Cc2ccc(Br)cc2F)ccc1F. The van der Waals surface area contributed by atoms with Crippen LogP contribution in [0.3, 0.4) is 0 Å². The number of halogens is 3. The lowest BCUT2D eigenvalue weighted by molar-refractivity contribution is 0.389. The van der Waals surface area contributed by atoms with Crippen molar-refractivity contribution in [3.63, 3.8) is 0 Å². The summed E-state index contributed by atoms with van der Waals surface area (Å²) in [5.74, 6) is -1.39. The summed E-state index contributed by atoms with van der Waals surface area (Å²) in [4.78, 5) is 3.87. The molecular weight excluding hydrogens is 464 g/mol. The molecule has 0 saturated heterocycles. The Labute approximate surface area is 175 Å². The van der Waals surface area contributed by atoms with Crippen LogP contribution in [0.15, 0.2) is 70.2 Å². The van der Waals surface area contributed by atoms with Crippen molar-refractivity contribution in [3.8, 4) is 6.07 Å². The molecule has 0 aliphatic heterocycles. The summed E-state index contributed by atoms with van der Waals surface area (Å²) in [6.07, 6.45) is 1.52. The Balaban J connectivity index is 2.04. The van der Waals surface area contributed by atoms with E-state index in [0.29, 0.717) is 10.2 Å². The summed E-state index contributed by atoms with van der Waals surface area (Å²) in [6, 6.07) is 14.0. The van der Waals surface area contributed by atoms with E-state index in [1.165, 1.54) is 18.3 Å². The van der Waals surface area contributed by atoms with E-state index >= 15 is 0 Å². The maximum atomic E-state index is 14.4. The van der Waals surface area contributed by atoms with Crippen LogP contribution < -0.4 is 0 Å². The molecule has 0 saturated carbocycles. The molecule has 0 bridgehead atoms. The molecule has 0 aliphatic carbocycles. The Morgan fingerprint density at radius 2 is 1.83 bits per heavy atom. The summed E-state index contributed by atoms with van der Waals surface area (Å²) in [5.41, 5.74) is 0.227. The molecule has 0 radical (unpaired) electrons. The Bertz CT molecular complexity index is 1180. The Morgan fingerprint density at radius 1 is 1.03 bits per heavy atom. The van der Waals surface area contributed by atoms with Crippen molar-refractivity contribution in [2.45, 2.75) is 18.0 Å². The molecule has 3 aromatic rings. The molecule has 0 amide bonds. The van der Waals surface area contributed by atoms with Crippen LogP contribution in [0.2, 0.25) is 0 Å². The molecule has 0 atom stereocenters. The van der Waals surface area contributed by atoms with E-state index in [9.17, 15) is 17.2 Å². The lowest BCUT2D eigenvalue weighted by Crippen LogP contribution is -2.31. The minimum absolute atomic E-state index is 0.127. The van der Waals surface area contributed by atoms with Gasteiger partial charge in [0, 0.05) is 22.8 Å². The van der Waals surface area contributed by atoms with Crippen molar-refractivity contribution in [1.82, 2.24) is 9.29 Å². The average molecular weight is 478 g/mol. The van der Waals surface area contributed by atoms with Gasteiger partial charge in [-0.3, -0.25) is 4.98 Å². The van der Waals surface area contributed by atoms with Crippen LogP contribution >= 0.6 is 15.9 Å². The first-order valence-corrected chi connectivity index (χ1v) is 10.6. The van der Waals surface area contributed by atoms with E-state index in [-0.39, 0.29) is 23.5 Å². The molecule has 29 heavy (non-hydrogen) atoms. The lowest BCUT2D eigenvalue weighted by atomic mass is 10.2. The van der Waals surface area contributed by atoms with Gasteiger partial charge in [-0.25, -0.2) is 17.2 Å². The average Bonchev–Trinajstić information content (AvgIpc) is 2.70. The Morgan fingerprint density at radius 3 is 2.48 bits per heavy atom. The number of aromatic nitrogens is 1. The smallest absolute Gasteiger partial charge is 0.243 e. The minimum atomic E-state index is -4.18. The second-order valence-electron chi connectivity index (χ2n) is 6.08. The van der Waals surface area contributed by atoms with Crippen molar-refractivity contribution in [1.29, 1.82) is 5.26 Å². The predicted molar refractivity (Wildman–Crippen MR) is 106 cm³/mol. The van der Waals surface area contributed by atoms with E-state index < -0.39 is 27.2 Å². The quantitative estimate of drug-likeness (QED) is 0.527. The van der Waals surface area contributed by atoms with Crippen LogP contribution in [0.1, 0.15) is 16.8 Å². The normalized spacial score (nSPS) is 11.4. The molecule has 9 heteroatoms. The van der Waals surface area contributed by atoms with E-state index in [0.717, 1.165) is 22.5 Å². The zero-order valence-corrected chi connectivity index (χ0v) is 17.3. The van der Waals surface area contributed by atoms with Crippen molar-refractivity contribution < 1.29 is 17.2 Å². The van der Waals surface area contributed by atoms with Gasteiger partial charge < -0.3 is 0 Å². The molecule has 3 rings (SSSR count). The first-order valence-electron chi connectivity index (χ1n) is 8.35. The van der Waals surface area contributed by atoms with Gasteiger partial charge in [0.25, 0.3) is 0 Å². The fourth-order valence-corrected chi connectivity index (χ4v) is 4.39. The molecule has 0 aliphatic rings. The highest BCUT2D eigenvalue weighted by Gasteiger charge is 2.27. The van der Waals surface area contributed by atoms with Crippen molar-refractivity contribution in [2.24, 2.45) is 0 Å². The third-order valence-corrected chi connectivity index (χ3v) is 6.40. The van der Waals surface area contributed by atoms with Gasteiger partial charge in [0.05, 0.1) is 22.7 Å². The molecule has 0 N–H and O–H groups in total. The molecule has 0 unspecified atom stereocenters. The number of sulfonamides is 1. The summed E-state index contributed by atoms with van der Waals surface area (Å²) >= 11 is 3.17. The van der Waals surface area contributed by atoms with Crippen LogP contribution in [0.25, 0.3) is 0 Å². The molecule has 0 spiro atoms. The molecule has 2 aromatic carbocycles. The van der Waals surface area contributed by atoms with Gasteiger partial charge in [0.15, 0.2) is 0 Å². The first-order chi connectivity index (χ1) is 13.8. The fraction of sp³-hybridized carbons (Fsp3) is 0.100. The van der Waals surface area contributed by atoms with Gasteiger partial charge in [-0.05, 0) is 42.5 Å². The maximum Gasteiger partial charge on any atom is 0.243 e. The molecule has 0 fully saturated rings. The zero-order chi connectivity index (χ0) is 21.0. The van der Waals surface area contributed by atoms with Gasteiger partial charge in [0.2, 0.25) is 10.0 Å². The van der Waals surface area contributed by atoms with E-state index in [4.69, 9.17) is 5.26 Å². The first kappa shape index (κ1) is 21.0. The van der Waals surface area contributed by atoms with Crippen LogP contribution in [0.5, 0.6) is 0 Å². The zero-order valence-electron chi connectivity index (χ0n) is 14.9. The summed E-state index contributed by atoms with van der Waals surface area (Å²) in [7, 11) is -4.18. The number of nitriles is 1. The highest BCUT2D eigenvalue weighted by atomic mass is 79.9. The second-order valence-corrected chi connectivity index (χ2v) is 8.94. The van der Waals surface area contributed by atoms with E-state index in [1.54, 1.807) is 30.3 Å². The number of pyridine rings is 1. The van der Waals surface area contributed by atoms with Crippen LogP contribution in [-0.4, -0.2) is 17.7 Å². The monoisotopic (exact) mass is 477 g/mol.